The monoisotopic (exact) mass is 543 g/mol. The lowest BCUT2D eigenvalue weighted by Gasteiger charge is -2.30. The third-order valence-corrected chi connectivity index (χ3v) is 9.02. The van der Waals surface area contributed by atoms with Crippen molar-refractivity contribution in [2.75, 3.05) is 24.6 Å². The van der Waals surface area contributed by atoms with Crippen molar-refractivity contribution in [1.82, 2.24) is 4.57 Å². The molecule has 1 amide bonds. The van der Waals surface area contributed by atoms with Gasteiger partial charge in [-0.3, -0.25) is 9.10 Å². The second kappa shape index (κ2) is 10.2. The number of sulfonamides is 1. The molecule has 0 spiro atoms. The Bertz CT molecular complexity index is 1660. The number of para-hydroxylation sites is 1. The van der Waals surface area contributed by atoms with Crippen LogP contribution in [0, 0.1) is 11.6 Å². The van der Waals surface area contributed by atoms with Crippen molar-refractivity contribution in [2.45, 2.75) is 24.3 Å². The number of carbonyl (C=O) groups is 1. The van der Waals surface area contributed by atoms with Crippen molar-refractivity contribution < 1.29 is 26.7 Å². The van der Waals surface area contributed by atoms with Crippen LogP contribution in [0.15, 0.2) is 70.6 Å². The van der Waals surface area contributed by atoms with Gasteiger partial charge in [0.2, 0.25) is 0 Å². The van der Waals surface area contributed by atoms with Gasteiger partial charge in [0.15, 0.2) is 10.6 Å². The summed E-state index contributed by atoms with van der Waals surface area (Å²) in [5.41, 5.74) is 1.95. The van der Waals surface area contributed by atoms with Crippen LogP contribution in [0.4, 0.5) is 14.5 Å². The van der Waals surface area contributed by atoms with Crippen LogP contribution >= 0.6 is 11.3 Å². The summed E-state index contributed by atoms with van der Waals surface area (Å²) in [4.78, 5) is 17.4. The zero-order valence-corrected chi connectivity index (χ0v) is 21.5. The molecule has 0 aliphatic carbocycles. The van der Waals surface area contributed by atoms with E-state index in [4.69, 9.17) is 4.74 Å². The number of hydrogen-bond acceptors (Lipinski definition) is 5. The third kappa shape index (κ3) is 4.81. The van der Waals surface area contributed by atoms with Gasteiger partial charge in [-0.1, -0.05) is 29.5 Å². The maximum atomic E-state index is 14.5. The van der Waals surface area contributed by atoms with Crippen molar-refractivity contribution in [3.05, 3.63) is 88.2 Å². The molecule has 1 aliphatic rings. The van der Waals surface area contributed by atoms with E-state index in [0.717, 1.165) is 29.4 Å². The number of halogens is 2. The van der Waals surface area contributed by atoms with Gasteiger partial charge in [-0.2, -0.15) is 4.99 Å². The number of anilines is 1. The van der Waals surface area contributed by atoms with Gasteiger partial charge in [-0.25, -0.2) is 17.2 Å². The standard InChI is InChI=1S/C26H23F2N3O4S2/c1-35-14-13-30-24-21(28)15-19(27)16-23(24)36-26(30)29-25(32)18-8-10-20(11-9-18)37(33,34)31-12-4-6-17-5-2-3-7-22(17)31/h2-3,5,7-11,15-16H,4,6,12-14H2,1H3. The van der Waals surface area contributed by atoms with Gasteiger partial charge >= 0.3 is 0 Å². The summed E-state index contributed by atoms with van der Waals surface area (Å²) in [6.07, 6.45) is 1.53. The number of nitrogens with zero attached hydrogens (tertiary/aromatic N) is 3. The first-order valence-electron chi connectivity index (χ1n) is 11.6. The maximum absolute atomic E-state index is 14.5. The summed E-state index contributed by atoms with van der Waals surface area (Å²) < 4.78 is 63.3. The van der Waals surface area contributed by atoms with E-state index < -0.39 is 27.6 Å². The Labute approximate surface area is 216 Å². The summed E-state index contributed by atoms with van der Waals surface area (Å²) in [6.45, 7) is 0.815. The molecule has 0 unspecified atom stereocenters. The molecule has 0 atom stereocenters. The third-order valence-electron chi connectivity index (χ3n) is 6.17. The van der Waals surface area contributed by atoms with Crippen LogP contribution in [0.25, 0.3) is 10.2 Å². The number of hydrogen-bond donors (Lipinski definition) is 0. The van der Waals surface area contributed by atoms with Crippen molar-refractivity contribution in [3.8, 4) is 0 Å². The molecule has 3 aromatic carbocycles. The minimum Gasteiger partial charge on any atom is -0.383 e. The van der Waals surface area contributed by atoms with E-state index in [2.05, 4.69) is 4.99 Å². The lowest BCUT2D eigenvalue weighted by atomic mass is 10.0. The van der Waals surface area contributed by atoms with Gasteiger partial charge in [0, 0.05) is 31.8 Å². The lowest BCUT2D eigenvalue weighted by Crippen LogP contribution is -2.35. The van der Waals surface area contributed by atoms with Crippen LogP contribution < -0.4 is 9.11 Å². The highest BCUT2D eigenvalue weighted by molar-refractivity contribution is 7.92. The zero-order valence-electron chi connectivity index (χ0n) is 19.9. The highest BCUT2D eigenvalue weighted by atomic mass is 32.2. The Morgan fingerprint density at radius 1 is 1.11 bits per heavy atom. The van der Waals surface area contributed by atoms with E-state index in [-0.39, 0.29) is 33.9 Å². The second-order valence-electron chi connectivity index (χ2n) is 8.51. The Kier molecular flexibility index (Phi) is 6.93. The quantitative estimate of drug-likeness (QED) is 0.359. The average molecular weight is 544 g/mol. The van der Waals surface area contributed by atoms with Crippen molar-refractivity contribution in [2.24, 2.45) is 4.99 Å². The summed E-state index contributed by atoms with van der Waals surface area (Å²) in [5.74, 6) is -2.12. The highest BCUT2D eigenvalue weighted by Crippen LogP contribution is 2.32. The van der Waals surface area contributed by atoms with E-state index in [1.54, 1.807) is 6.07 Å². The summed E-state index contributed by atoms with van der Waals surface area (Å²) in [6, 6.07) is 15.0. The number of aromatic nitrogens is 1. The Morgan fingerprint density at radius 2 is 1.86 bits per heavy atom. The van der Waals surface area contributed by atoms with Gasteiger partial charge in [-0.15, -0.1) is 0 Å². The zero-order chi connectivity index (χ0) is 26.2. The predicted molar refractivity (Wildman–Crippen MR) is 137 cm³/mol. The number of aryl methyl sites for hydroxylation is 1. The first kappa shape index (κ1) is 25.2. The number of ether oxygens (including phenoxy) is 1. The van der Waals surface area contributed by atoms with Crippen molar-refractivity contribution >= 4 is 43.2 Å². The molecule has 0 N–H and O–H groups in total. The van der Waals surface area contributed by atoms with Gasteiger partial charge in [0.05, 0.1) is 27.4 Å². The van der Waals surface area contributed by atoms with Gasteiger partial charge in [0.1, 0.15) is 5.82 Å². The van der Waals surface area contributed by atoms with Crippen LogP contribution in [-0.2, 0) is 27.7 Å². The normalized spacial score (nSPS) is 14.2. The number of rotatable bonds is 6. The van der Waals surface area contributed by atoms with Gasteiger partial charge in [0.25, 0.3) is 15.9 Å². The molecule has 4 aromatic rings. The molecular weight excluding hydrogens is 520 g/mol. The lowest BCUT2D eigenvalue weighted by molar-refractivity contribution is 0.0997. The number of thiazole rings is 1. The topological polar surface area (TPSA) is 81.0 Å². The first-order valence-corrected chi connectivity index (χ1v) is 13.8. The molecule has 37 heavy (non-hydrogen) atoms. The molecule has 0 radical (unpaired) electrons. The Balaban J connectivity index is 1.48. The molecule has 0 fully saturated rings. The van der Waals surface area contributed by atoms with Gasteiger partial charge < -0.3 is 9.30 Å². The van der Waals surface area contributed by atoms with E-state index in [1.165, 1.54) is 46.3 Å². The highest BCUT2D eigenvalue weighted by Gasteiger charge is 2.29. The summed E-state index contributed by atoms with van der Waals surface area (Å²) in [5, 5.41) is 0. The van der Waals surface area contributed by atoms with E-state index in [0.29, 0.717) is 23.4 Å². The number of amides is 1. The molecular formula is C26H23F2N3O4S2. The van der Waals surface area contributed by atoms with E-state index in [1.807, 2.05) is 18.2 Å². The predicted octanol–water partition coefficient (Wildman–Crippen LogP) is 4.51. The Morgan fingerprint density at radius 3 is 2.62 bits per heavy atom. The minimum absolute atomic E-state index is 0.0651. The van der Waals surface area contributed by atoms with Gasteiger partial charge in [-0.05, 0) is 54.8 Å². The molecule has 11 heteroatoms. The molecule has 192 valence electrons. The van der Waals surface area contributed by atoms with E-state index in [9.17, 15) is 22.0 Å². The SMILES string of the molecule is COCCn1c(=NC(=O)c2ccc(S(=O)(=O)N3CCCc4ccccc43)cc2)sc2cc(F)cc(F)c21. The molecule has 2 heterocycles. The second-order valence-corrected chi connectivity index (χ2v) is 11.4. The number of fused-ring (bicyclic) bond motifs is 2. The fourth-order valence-corrected chi connectivity index (χ4v) is 7.04. The smallest absolute Gasteiger partial charge is 0.279 e. The molecule has 1 aromatic heterocycles. The van der Waals surface area contributed by atoms with Crippen LogP contribution in [0.3, 0.4) is 0 Å². The van der Waals surface area contributed by atoms with Crippen LogP contribution in [-0.4, -0.2) is 39.2 Å². The van der Waals surface area contributed by atoms with Crippen molar-refractivity contribution in [3.63, 3.8) is 0 Å². The number of carbonyl (C=O) groups excluding carboxylic acids is 1. The molecule has 1 aliphatic heterocycles. The van der Waals surface area contributed by atoms with Crippen LogP contribution in [0.5, 0.6) is 0 Å². The number of benzene rings is 3. The molecule has 5 rings (SSSR count). The first-order chi connectivity index (χ1) is 17.8. The average Bonchev–Trinajstić information content (AvgIpc) is 3.23. The maximum Gasteiger partial charge on any atom is 0.279 e. The fraction of sp³-hybridized carbons (Fsp3) is 0.231. The Hall–Kier alpha value is -3.41. The van der Waals surface area contributed by atoms with Crippen molar-refractivity contribution in [1.29, 1.82) is 0 Å². The fourth-order valence-electron chi connectivity index (χ4n) is 4.40. The van der Waals surface area contributed by atoms with E-state index >= 15 is 0 Å². The van der Waals surface area contributed by atoms with Crippen LogP contribution in [0.2, 0.25) is 0 Å². The molecule has 0 saturated heterocycles. The number of methoxy groups -OCH3 is 1. The van der Waals surface area contributed by atoms with Crippen LogP contribution in [0.1, 0.15) is 22.3 Å². The largest absolute Gasteiger partial charge is 0.383 e. The molecule has 0 saturated carbocycles. The molecule has 0 bridgehead atoms. The summed E-state index contributed by atoms with van der Waals surface area (Å²) >= 11 is 0.983. The summed E-state index contributed by atoms with van der Waals surface area (Å²) in [7, 11) is -2.33. The molecule has 7 nitrogen and oxygen atoms in total. The minimum atomic E-state index is -3.82.